The third-order valence-corrected chi connectivity index (χ3v) is 13.7. The minimum Gasteiger partial charge on any atom is -0.394 e. The van der Waals surface area contributed by atoms with Gasteiger partial charge < -0.3 is 72.8 Å². The molecule has 26 heteroatoms. The lowest BCUT2D eigenvalue weighted by molar-refractivity contribution is -0.123. The highest BCUT2D eigenvalue weighted by Gasteiger charge is 2.31. The van der Waals surface area contributed by atoms with Crippen molar-refractivity contribution in [3.63, 3.8) is 0 Å². The molecule has 2 aromatic rings. The lowest BCUT2D eigenvalue weighted by Gasteiger charge is -2.21. The SMILES string of the molecule is O=C(CC(=O)Nc1c(I)c(C(=O)NCC(O)CO)c(I)c(C(=O)NCC(O)CO)c1I)Nc1c(I)c(C(=O)NCC(O)CO)c(I)c(C(=O)NCC(O)CO)c1I. The smallest absolute Gasteiger partial charge is 0.253 e. The molecule has 4 atom stereocenters. The molecule has 0 aliphatic rings. The van der Waals surface area contributed by atoms with Crippen molar-refractivity contribution in [3.8, 4) is 0 Å². The zero-order valence-corrected chi connectivity index (χ0v) is 41.9. The topological polar surface area (TPSA) is 336 Å². The number of benzene rings is 2. The molecule has 0 heterocycles. The summed E-state index contributed by atoms with van der Waals surface area (Å²) in [7, 11) is 0. The zero-order chi connectivity index (χ0) is 43.3. The third-order valence-electron chi connectivity index (χ3n) is 7.23. The van der Waals surface area contributed by atoms with Crippen LogP contribution >= 0.6 is 136 Å². The van der Waals surface area contributed by atoms with Crippen LogP contribution in [0.5, 0.6) is 0 Å². The quantitative estimate of drug-likeness (QED) is 0.0537. The van der Waals surface area contributed by atoms with E-state index in [0.717, 1.165) is 0 Å². The summed E-state index contributed by atoms with van der Waals surface area (Å²) in [6.07, 6.45) is -6.09. The molecule has 0 aliphatic carbocycles. The van der Waals surface area contributed by atoms with Gasteiger partial charge in [-0.2, -0.15) is 0 Å². The van der Waals surface area contributed by atoms with Gasteiger partial charge in [-0.15, -0.1) is 0 Å². The fourth-order valence-corrected chi connectivity index (χ4v) is 13.1. The number of hydrogen-bond donors (Lipinski definition) is 14. The molecule has 2 aromatic carbocycles. The van der Waals surface area contributed by atoms with Crippen LogP contribution in [0.2, 0.25) is 0 Å². The summed E-state index contributed by atoms with van der Waals surface area (Å²) in [4.78, 5) is 80.3. The molecule has 57 heavy (non-hydrogen) atoms. The van der Waals surface area contributed by atoms with Gasteiger partial charge in [-0.05, 0) is 136 Å². The van der Waals surface area contributed by atoms with E-state index >= 15 is 0 Å². The van der Waals surface area contributed by atoms with Crippen LogP contribution < -0.4 is 31.9 Å². The minimum atomic E-state index is -1.30. The number of aliphatic hydroxyl groups is 8. The maximum atomic E-state index is 13.5. The average Bonchev–Trinajstić information content (AvgIpc) is 3.16. The van der Waals surface area contributed by atoms with Crippen LogP contribution in [-0.2, 0) is 9.59 Å². The van der Waals surface area contributed by atoms with Crippen LogP contribution in [-0.4, -0.2) is 153 Å². The van der Waals surface area contributed by atoms with Gasteiger partial charge in [0, 0.05) is 33.3 Å². The van der Waals surface area contributed by atoms with E-state index in [0.29, 0.717) is 0 Å². The highest BCUT2D eigenvalue weighted by Crippen LogP contribution is 2.37. The number of amides is 6. The van der Waals surface area contributed by atoms with Gasteiger partial charge in [-0.25, -0.2) is 0 Å². The first kappa shape index (κ1) is 52.5. The van der Waals surface area contributed by atoms with Crippen LogP contribution in [0, 0.1) is 21.4 Å². The summed E-state index contributed by atoms with van der Waals surface area (Å²) in [5.74, 6) is -5.02. The fraction of sp³-hybridized carbons (Fsp3) is 0.419. The third kappa shape index (κ3) is 14.7. The standard InChI is InChI=1S/C31H36I6N6O14/c32-20-16(28(54)38-2-10(48)6-44)22(34)26(23(35)17(20)29(55)39-3-11(49)7-45)42-14(52)1-15(53)43-27-24(36)18(30(56)40-4-12(50)8-46)21(33)19(25(27)37)31(57)41-5-13(51)9-47/h10-13,44-51H,1-9H2,(H,38,54)(H,39,55)(H,40,56)(H,41,57)(H,42,52)(H,43,53). The van der Waals surface area contributed by atoms with Crippen LogP contribution in [0.3, 0.4) is 0 Å². The van der Waals surface area contributed by atoms with E-state index in [-0.39, 0.29) is 81.2 Å². The molecule has 4 unspecified atom stereocenters. The van der Waals surface area contributed by atoms with Crippen molar-refractivity contribution in [1.29, 1.82) is 0 Å². The van der Waals surface area contributed by atoms with Crippen LogP contribution in [0.4, 0.5) is 11.4 Å². The van der Waals surface area contributed by atoms with Crippen molar-refractivity contribution in [3.05, 3.63) is 43.7 Å². The molecule has 0 spiro atoms. The van der Waals surface area contributed by atoms with Crippen LogP contribution in [0.25, 0.3) is 0 Å². The van der Waals surface area contributed by atoms with Gasteiger partial charge in [0.15, 0.2) is 0 Å². The molecule has 0 saturated carbocycles. The van der Waals surface area contributed by atoms with E-state index in [1.807, 2.05) is 0 Å². The molecule has 20 nitrogen and oxygen atoms in total. The van der Waals surface area contributed by atoms with Crippen molar-refractivity contribution < 1.29 is 69.6 Å². The Kier molecular flexibility index (Phi) is 23.3. The number of carbonyl (C=O) groups excluding carboxylic acids is 6. The van der Waals surface area contributed by atoms with Gasteiger partial charge in [-0.1, -0.05) is 0 Å². The average molecular weight is 1480 g/mol. The zero-order valence-electron chi connectivity index (χ0n) is 29.0. The summed E-state index contributed by atoms with van der Waals surface area (Å²) in [5, 5.41) is 90.7. The lowest BCUT2D eigenvalue weighted by atomic mass is 10.1. The molecule has 0 fully saturated rings. The van der Waals surface area contributed by atoms with E-state index in [2.05, 4.69) is 31.9 Å². The molecule has 2 rings (SSSR count). The second-order valence-electron chi connectivity index (χ2n) is 11.6. The monoisotopic (exact) mass is 1480 g/mol. The first-order valence-electron chi connectivity index (χ1n) is 16.0. The van der Waals surface area contributed by atoms with Crippen molar-refractivity contribution in [1.82, 2.24) is 21.3 Å². The molecule has 0 aromatic heterocycles. The van der Waals surface area contributed by atoms with Crippen molar-refractivity contribution in [2.24, 2.45) is 0 Å². The highest BCUT2D eigenvalue weighted by atomic mass is 127. The number of rotatable bonds is 20. The Morgan fingerprint density at radius 3 is 0.807 bits per heavy atom. The Labute approximate surface area is 406 Å². The number of hydrogen-bond acceptors (Lipinski definition) is 14. The van der Waals surface area contributed by atoms with Crippen molar-refractivity contribution >= 4 is 182 Å². The van der Waals surface area contributed by atoms with Gasteiger partial charge in [-0.3, -0.25) is 28.8 Å². The first-order chi connectivity index (χ1) is 26.7. The van der Waals surface area contributed by atoms with Gasteiger partial charge in [0.25, 0.3) is 23.6 Å². The molecule has 0 radical (unpaired) electrons. The lowest BCUT2D eigenvalue weighted by Crippen LogP contribution is -2.37. The van der Waals surface area contributed by atoms with Crippen molar-refractivity contribution in [2.45, 2.75) is 30.8 Å². The summed E-state index contributed by atoms with van der Waals surface area (Å²) < 4.78 is 0.742. The molecule has 14 N–H and O–H groups in total. The Balaban J connectivity index is 2.58. The summed E-state index contributed by atoms with van der Waals surface area (Å²) in [5.41, 5.74) is -0.527. The fourth-order valence-electron chi connectivity index (χ4n) is 4.31. The summed E-state index contributed by atoms with van der Waals surface area (Å²) >= 11 is 10.5. The molecular formula is C31H36I6N6O14. The highest BCUT2D eigenvalue weighted by molar-refractivity contribution is 14.1. The van der Waals surface area contributed by atoms with E-state index in [9.17, 15) is 69.6 Å². The van der Waals surface area contributed by atoms with Crippen molar-refractivity contribution in [2.75, 3.05) is 63.2 Å². The van der Waals surface area contributed by atoms with Gasteiger partial charge in [0.1, 0.15) is 6.42 Å². The largest absolute Gasteiger partial charge is 0.394 e. The Hall–Kier alpha value is -0.680. The number of carbonyl (C=O) groups is 6. The molecule has 6 amide bonds. The van der Waals surface area contributed by atoms with E-state index < -0.39 is 92.7 Å². The summed E-state index contributed by atoms with van der Waals surface area (Å²) in [6.45, 7) is -4.07. The maximum absolute atomic E-state index is 13.5. The molecular weight excluding hydrogens is 1440 g/mol. The number of aliphatic hydroxyl groups excluding tert-OH is 8. The Bertz CT molecular complexity index is 1620. The predicted molar refractivity (Wildman–Crippen MR) is 253 cm³/mol. The minimum absolute atomic E-state index is 0.0541. The number of halogens is 6. The molecule has 0 bridgehead atoms. The van der Waals surface area contributed by atoms with E-state index in [1.165, 1.54) is 0 Å². The van der Waals surface area contributed by atoms with Gasteiger partial charge >= 0.3 is 0 Å². The van der Waals surface area contributed by atoms with Crippen LogP contribution in [0.1, 0.15) is 47.9 Å². The number of anilines is 2. The predicted octanol–water partition coefficient (Wildman–Crippen LogP) is -1.39. The van der Waals surface area contributed by atoms with Crippen LogP contribution in [0.15, 0.2) is 0 Å². The van der Waals surface area contributed by atoms with E-state index in [4.69, 9.17) is 0 Å². The number of nitrogens with one attached hydrogen (secondary N) is 6. The molecule has 316 valence electrons. The second kappa shape index (κ2) is 25.3. The molecule has 0 aliphatic heterocycles. The normalized spacial score (nSPS) is 13.2. The van der Waals surface area contributed by atoms with Gasteiger partial charge in [0.2, 0.25) is 11.8 Å². The first-order valence-corrected chi connectivity index (χ1v) is 22.5. The second-order valence-corrected chi connectivity index (χ2v) is 18.1. The Morgan fingerprint density at radius 1 is 0.404 bits per heavy atom. The summed E-state index contributed by atoms with van der Waals surface area (Å²) in [6, 6.07) is 0. The maximum Gasteiger partial charge on any atom is 0.253 e. The van der Waals surface area contributed by atoms with Gasteiger partial charge in [0.05, 0.1) is 98.8 Å². The molecule has 0 saturated heterocycles. The van der Waals surface area contributed by atoms with E-state index in [1.54, 1.807) is 136 Å². The Morgan fingerprint density at radius 2 is 0.614 bits per heavy atom.